The van der Waals surface area contributed by atoms with E-state index >= 15 is 0 Å². The summed E-state index contributed by atoms with van der Waals surface area (Å²) in [7, 11) is 0. The second-order valence-corrected chi connectivity index (χ2v) is 7.11. The van der Waals surface area contributed by atoms with E-state index in [0.29, 0.717) is 0 Å². The Bertz CT molecular complexity index is 881. The number of nitrogens with zero attached hydrogens (tertiary/aromatic N) is 2. The molecule has 0 radical (unpaired) electrons. The van der Waals surface area contributed by atoms with Gasteiger partial charge in [0.05, 0.1) is 12.2 Å². The average Bonchev–Trinajstić information content (AvgIpc) is 2.79. The molecule has 0 bridgehead atoms. The minimum atomic E-state index is 0.760. The van der Waals surface area contributed by atoms with E-state index in [2.05, 4.69) is 53.3 Å². The SMILES string of the molecule is Cc1cccc(Cn2nc(-c3ccc(Cl)cc3)c3c2CCNCC3)c1. The molecular formula is C21H22ClN3. The number of halogens is 1. The summed E-state index contributed by atoms with van der Waals surface area (Å²) in [6, 6.07) is 16.7. The third-order valence-electron chi connectivity index (χ3n) is 4.79. The van der Waals surface area contributed by atoms with Gasteiger partial charge in [0, 0.05) is 34.8 Å². The Balaban J connectivity index is 1.77. The lowest BCUT2D eigenvalue weighted by molar-refractivity contribution is 0.628. The maximum absolute atomic E-state index is 6.06. The van der Waals surface area contributed by atoms with Crippen molar-refractivity contribution in [1.29, 1.82) is 0 Å². The van der Waals surface area contributed by atoms with E-state index in [9.17, 15) is 0 Å². The second-order valence-electron chi connectivity index (χ2n) is 6.68. The molecule has 0 fully saturated rings. The lowest BCUT2D eigenvalue weighted by Gasteiger charge is -2.08. The van der Waals surface area contributed by atoms with Crippen LogP contribution in [0.15, 0.2) is 48.5 Å². The van der Waals surface area contributed by atoms with Gasteiger partial charge < -0.3 is 5.32 Å². The molecule has 1 aromatic heterocycles. The molecule has 1 aliphatic rings. The van der Waals surface area contributed by atoms with E-state index in [0.717, 1.165) is 48.8 Å². The van der Waals surface area contributed by atoms with Crippen molar-refractivity contribution >= 4 is 11.6 Å². The topological polar surface area (TPSA) is 29.9 Å². The Kier molecular flexibility index (Phi) is 4.60. The Morgan fingerprint density at radius 3 is 2.68 bits per heavy atom. The van der Waals surface area contributed by atoms with Crippen LogP contribution in [0.1, 0.15) is 22.4 Å². The maximum Gasteiger partial charge on any atom is 0.0958 e. The quantitative estimate of drug-likeness (QED) is 0.764. The molecule has 1 aliphatic heterocycles. The molecule has 3 nitrogen and oxygen atoms in total. The number of hydrogen-bond donors (Lipinski definition) is 1. The summed E-state index contributed by atoms with van der Waals surface area (Å²) in [5, 5.41) is 9.27. The van der Waals surface area contributed by atoms with Crippen molar-refractivity contribution < 1.29 is 0 Å². The zero-order valence-corrected chi connectivity index (χ0v) is 15.2. The van der Waals surface area contributed by atoms with Gasteiger partial charge >= 0.3 is 0 Å². The molecule has 2 heterocycles. The van der Waals surface area contributed by atoms with Crippen molar-refractivity contribution in [1.82, 2.24) is 15.1 Å². The maximum atomic E-state index is 6.06. The normalized spacial score (nSPS) is 14.2. The first-order valence-electron chi connectivity index (χ1n) is 8.81. The van der Waals surface area contributed by atoms with Gasteiger partial charge in [0.1, 0.15) is 0 Å². The number of hydrogen-bond acceptors (Lipinski definition) is 2. The summed E-state index contributed by atoms with van der Waals surface area (Å²) in [5.41, 5.74) is 7.56. The molecule has 4 heteroatoms. The summed E-state index contributed by atoms with van der Waals surface area (Å²) in [6.07, 6.45) is 2.03. The molecule has 3 aromatic rings. The number of rotatable bonds is 3. The molecule has 4 rings (SSSR count). The molecule has 1 N–H and O–H groups in total. The van der Waals surface area contributed by atoms with E-state index in [1.807, 2.05) is 12.1 Å². The molecule has 0 spiro atoms. The van der Waals surface area contributed by atoms with Gasteiger partial charge in [-0.05, 0) is 37.6 Å². The Hall–Kier alpha value is -2.10. The first-order valence-corrected chi connectivity index (χ1v) is 9.19. The van der Waals surface area contributed by atoms with Crippen LogP contribution in [0.4, 0.5) is 0 Å². The second kappa shape index (κ2) is 7.03. The van der Waals surface area contributed by atoms with Crippen LogP contribution >= 0.6 is 11.6 Å². The van der Waals surface area contributed by atoms with Gasteiger partial charge in [0.2, 0.25) is 0 Å². The summed E-state index contributed by atoms with van der Waals surface area (Å²) >= 11 is 6.06. The summed E-state index contributed by atoms with van der Waals surface area (Å²) < 4.78 is 2.20. The van der Waals surface area contributed by atoms with E-state index in [4.69, 9.17) is 16.7 Å². The third kappa shape index (κ3) is 3.48. The predicted octanol–water partition coefficient (Wildman–Crippen LogP) is 4.25. The molecule has 0 unspecified atom stereocenters. The number of fused-ring (bicyclic) bond motifs is 1. The van der Waals surface area contributed by atoms with Gasteiger partial charge in [-0.1, -0.05) is 53.6 Å². The van der Waals surface area contributed by atoms with Gasteiger partial charge in [-0.15, -0.1) is 0 Å². The summed E-state index contributed by atoms with van der Waals surface area (Å²) in [4.78, 5) is 0. The third-order valence-corrected chi connectivity index (χ3v) is 5.04. The first kappa shape index (κ1) is 16.4. The molecule has 0 saturated heterocycles. The monoisotopic (exact) mass is 351 g/mol. The predicted molar refractivity (Wildman–Crippen MR) is 103 cm³/mol. The van der Waals surface area contributed by atoms with Crippen LogP contribution in [0.25, 0.3) is 11.3 Å². The molecular weight excluding hydrogens is 330 g/mol. The van der Waals surface area contributed by atoms with E-state index in [1.54, 1.807) is 0 Å². The minimum absolute atomic E-state index is 0.760. The van der Waals surface area contributed by atoms with Crippen LogP contribution in [0.3, 0.4) is 0 Å². The van der Waals surface area contributed by atoms with Crippen molar-refractivity contribution in [2.24, 2.45) is 0 Å². The van der Waals surface area contributed by atoms with Gasteiger partial charge in [-0.2, -0.15) is 5.10 Å². The molecule has 0 amide bonds. The van der Waals surface area contributed by atoms with Crippen LogP contribution in [0, 0.1) is 6.92 Å². The van der Waals surface area contributed by atoms with Crippen molar-refractivity contribution in [3.05, 3.63) is 75.9 Å². The van der Waals surface area contributed by atoms with Crippen molar-refractivity contribution in [3.63, 3.8) is 0 Å². The number of benzene rings is 2. The van der Waals surface area contributed by atoms with Gasteiger partial charge in [0.25, 0.3) is 0 Å². The number of aryl methyl sites for hydroxylation is 1. The fraction of sp³-hybridized carbons (Fsp3) is 0.286. The van der Waals surface area contributed by atoms with Crippen LogP contribution in [-0.4, -0.2) is 22.9 Å². The molecule has 0 saturated carbocycles. The van der Waals surface area contributed by atoms with Crippen LogP contribution in [-0.2, 0) is 19.4 Å². The first-order chi connectivity index (χ1) is 12.2. The number of nitrogens with one attached hydrogen (secondary N) is 1. The summed E-state index contributed by atoms with van der Waals surface area (Å²) in [5.74, 6) is 0. The van der Waals surface area contributed by atoms with Gasteiger partial charge in [-0.3, -0.25) is 4.68 Å². The Morgan fingerprint density at radius 2 is 1.88 bits per heavy atom. The van der Waals surface area contributed by atoms with Gasteiger partial charge in [-0.25, -0.2) is 0 Å². The average molecular weight is 352 g/mol. The van der Waals surface area contributed by atoms with Crippen molar-refractivity contribution in [2.45, 2.75) is 26.3 Å². The molecule has 0 aliphatic carbocycles. The lowest BCUT2D eigenvalue weighted by Crippen LogP contribution is -2.17. The lowest BCUT2D eigenvalue weighted by atomic mass is 10.0. The standard InChI is InChI=1S/C21H22ClN3/c1-15-3-2-4-16(13-15)14-25-20-10-12-23-11-9-19(20)21(24-25)17-5-7-18(22)8-6-17/h2-8,13,23H,9-12,14H2,1H3. The van der Waals surface area contributed by atoms with E-state index in [-0.39, 0.29) is 0 Å². The minimum Gasteiger partial charge on any atom is -0.316 e. The Labute approximate surface area is 153 Å². The van der Waals surface area contributed by atoms with E-state index < -0.39 is 0 Å². The van der Waals surface area contributed by atoms with Gasteiger partial charge in [0.15, 0.2) is 0 Å². The fourth-order valence-corrected chi connectivity index (χ4v) is 3.70. The fourth-order valence-electron chi connectivity index (χ4n) is 3.58. The molecule has 0 atom stereocenters. The van der Waals surface area contributed by atoms with Crippen molar-refractivity contribution in [2.75, 3.05) is 13.1 Å². The summed E-state index contributed by atoms with van der Waals surface area (Å²) in [6.45, 7) is 4.96. The highest BCUT2D eigenvalue weighted by atomic mass is 35.5. The number of aromatic nitrogens is 2. The largest absolute Gasteiger partial charge is 0.316 e. The Morgan fingerprint density at radius 1 is 1.08 bits per heavy atom. The highest BCUT2D eigenvalue weighted by molar-refractivity contribution is 6.30. The highest BCUT2D eigenvalue weighted by Gasteiger charge is 2.20. The molecule has 2 aromatic carbocycles. The highest BCUT2D eigenvalue weighted by Crippen LogP contribution is 2.29. The molecule has 25 heavy (non-hydrogen) atoms. The van der Waals surface area contributed by atoms with E-state index in [1.165, 1.54) is 22.4 Å². The van der Waals surface area contributed by atoms with Crippen molar-refractivity contribution in [3.8, 4) is 11.3 Å². The van der Waals surface area contributed by atoms with Crippen LogP contribution in [0.5, 0.6) is 0 Å². The zero-order chi connectivity index (χ0) is 17.2. The van der Waals surface area contributed by atoms with Crippen LogP contribution < -0.4 is 5.32 Å². The van der Waals surface area contributed by atoms with Crippen LogP contribution in [0.2, 0.25) is 5.02 Å². The zero-order valence-electron chi connectivity index (χ0n) is 14.4. The smallest absolute Gasteiger partial charge is 0.0958 e. The molecule has 128 valence electrons.